The third kappa shape index (κ3) is 4.60. The summed E-state index contributed by atoms with van der Waals surface area (Å²) in [5.74, 6) is 0.872. The van der Waals surface area contributed by atoms with Crippen LogP contribution in [-0.2, 0) is 4.79 Å². The monoisotopic (exact) mass is 303 g/mol. The van der Waals surface area contributed by atoms with Crippen LogP contribution in [0.3, 0.4) is 0 Å². The van der Waals surface area contributed by atoms with Crippen LogP contribution in [0.2, 0.25) is 0 Å². The van der Waals surface area contributed by atoms with E-state index in [0.717, 1.165) is 37.1 Å². The van der Waals surface area contributed by atoms with Gasteiger partial charge in [0.15, 0.2) is 0 Å². The van der Waals surface area contributed by atoms with Gasteiger partial charge in [0.25, 0.3) is 0 Å². The van der Waals surface area contributed by atoms with Crippen LogP contribution >= 0.6 is 0 Å². The fraction of sp³-hybridized carbons (Fsp3) is 0.500. The summed E-state index contributed by atoms with van der Waals surface area (Å²) in [6.07, 6.45) is 7.31. The molecule has 1 aromatic carbocycles. The third-order valence-corrected chi connectivity index (χ3v) is 3.98. The van der Waals surface area contributed by atoms with Crippen molar-refractivity contribution in [1.29, 1.82) is 0 Å². The Morgan fingerprint density at radius 3 is 2.82 bits per heavy atom. The number of aliphatic hydroxyl groups excluding tert-OH is 1. The lowest BCUT2D eigenvalue weighted by molar-refractivity contribution is -0.129. The molecule has 1 fully saturated rings. The van der Waals surface area contributed by atoms with Crippen molar-refractivity contribution >= 4 is 12.0 Å². The lowest BCUT2D eigenvalue weighted by atomic mass is 9.99. The van der Waals surface area contributed by atoms with Crippen LogP contribution < -0.4 is 4.74 Å². The van der Waals surface area contributed by atoms with Gasteiger partial charge in [-0.1, -0.05) is 12.1 Å². The predicted octanol–water partition coefficient (Wildman–Crippen LogP) is 2.86. The van der Waals surface area contributed by atoms with Crippen LogP contribution in [0.25, 0.3) is 6.08 Å². The second kappa shape index (κ2) is 8.59. The molecular formula is C18H25NO3. The zero-order valence-corrected chi connectivity index (χ0v) is 13.2. The van der Waals surface area contributed by atoms with Crippen molar-refractivity contribution in [1.82, 2.24) is 4.90 Å². The molecule has 2 rings (SSSR count). The number of nitrogens with zero attached hydrogens (tertiary/aromatic N) is 1. The average molecular weight is 303 g/mol. The molecule has 1 aliphatic heterocycles. The fourth-order valence-corrected chi connectivity index (χ4v) is 2.84. The molecule has 1 aromatic rings. The number of carbonyl (C=O) groups excluding carboxylic acids is 1. The van der Waals surface area contributed by atoms with E-state index in [4.69, 9.17) is 9.84 Å². The maximum Gasteiger partial charge on any atom is 0.246 e. The van der Waals surface area contributed by atoms with Crippen LogP contribution in [0.1, 0.15) is 38.2 Å². The summed E-state index contributed by atoms with van der Waals surface area (Å²) >= 11 is 0. The van der Waals surface area contributed by atoms with Gasteiger partial charge in [-0.25, -0.2) is 0 Å². The smallest absolute Gasteiger partial charge is 0.246 e. The van der Waals surface area contributed by atoms with Crippen LogP contribution in [0.4, 0.5) is 0 Å². The summed E-state index contributed by atoms with van der Waals surface area (Å²) < 4.78 is 5.40. The van der Waals surface area contributed by atoms with Crippen molar-refractivity contribution in [3.8, 4) is 5.75 Å². The molecule has 1 heterocycles. The molecule has 0 aliphatic carbocycles. The Morgan fingerprint density at radius 2 is 2.14 bits per heavy atom. The molecule has 4 heteroatoms. The second-order valence-electron chi connectivity index (χ2n) is 5.53. The van der Waals surface area contributed by atoms with Gasteiger partial charge in [0.05, 0.1) is 6.61 Å². The Labute approximate surface area is 132 Å². The lowest BCUT2D eigenvalue weighted by Gasteiger charge is -2.34. The maximum absolute atomic E-state index is 12.4. The number of rotatable bonds is 6. The summed E-state index contributed by atoms with van der Waals surface area (Å²) in [5.41, 5.74) is 0.979. The Bertz CT molecular complexity index is 494. The van der Waals surface area contributed by atoms with E-state index in [9.17, 15) is 4.79 Å². The van der Waals surface area contributed by atoms with E-state index in [0.29, 0.717) is 13.0 Å². The zero-order valence-electron chi connectivity index (χ0n) is 13.2. The number of piperidine rings is 1. The standard InChI is InChI=1S/C18H25NO3/c1-2-22-17-9-6-15(7-10-17)8-11-18(21)19-13-4-3-5-16(19)12-14-20/h6-11,16,20H,2-5,12-14H2,1H3/b11-8+. The van der Waals surface area contributed by atoms with Gasteiger partial charge in [0.1, 0.15) is 5.75 Å². The largest absolute Gasteiger partial charge is 0.494 e. The molecule has 1 unspecified atom stereocenters. The first kappa shape index (κ1) is 16.6. The quantitative estimate of drug-likeness (QED) is 0.822. The number of likely N-dealkylation sites (tertiary alicyclic amines) is 1. The SMILES string of the molecule is CCOc1ccc(/C=C/C(=O)N2CCCCC2CCO)cc1. The first-order valence-electron chi connectivity index (χ1n) is 8.07. The van der Waals surface area contributed by atoms with Crippen LogP contribution in [0.5, 0.6) is 5.75 Å². The van der Waals surface area contributed by atoms with Gasteiger partial charge in [0.2, 0.25) is 5.91 Å². The van der Waals surface area contributed by atoms with Crippen molar-refractivity contribution in [2.45, 2.75) is 38.6 Å². The normalized spacial score (nSPS) is 18.6. The molecule has 1 aliphatic rings. The molecule has 1 amide bonds. The molecule has 0 radical (unpaired) electrons. The van der Waals surface area contributed by atoms with Crippen molar-refractivity contribution < 1.29 is 14.6 Å². The van der Waals surface area contributed by atoms with Crippen LogP contribution in [-0.4, -0.2) is 41.7 Å². The van der Waals surface area contributed by atoms with E-state index in [1.807, 2.05) is 42.2 Å². The molecule has 120 valence electrons. The van der Waals surface area contributed by atoms with Gasteiger partial charge in [-0.15, -0.1) is 0 Å². The van der Waals surface area contributed by atoms with Crippen LogP contribution in [0, 0.1) is 0 Å². The topological polar surface area (TPSA) is 49.8 Å². The highest BCUT2D eigenvalue weighted by Gasteiger charge is 2.24. The Morgan fingerprint density at radius 1 is 1.36 bits per heavy atom. The predicted molar refractivity (Wildman–Crippen MR) is 87.7 cm³/mol. The summed E-state index contributed by atoms with van der Waals surface area (Å²) in [6, 6.07) is 7.87. The first-order chi connectivity index (χ1) is 10.7. The summed E-state index contributed by atoms with van der Waals surface area (Å²) in [4.78, 5) is 14.3. The third-order valence-electron chi connectivity index (χ3n) is 3.98. The molecule has 0 aromatic heterocycles. The van der Waals surface area contributed by atoms with E-state index in [2.05, 4.69) is 0 Å². The van der Waals surface area contributed by atoms with Crippen molar-refractivity contribution in [3.63, 3.8) is 0 Å². The number of benzene rings is 1. The Kier molecular flexibility index (Phi) is 6.46. The van der Waals surface area contributed by atoms with Gasteiger partial charge < -0.3 is 14.7 Å². The van der Waals surface area contributed by atoms with E-state index >= 15 is 0 Å². The molecule has 0 bridgehead atoms. The lowest BCUT2D eigenvalue weighted by Crippen LogP contribution is -2.43. The highest BCUT2D eigenvalue weighted by molar-refractivity contribution is 5.92. The molecule has 1 N–H and O–H groups in total. The highest BCUT2D eigenvalue weighted by atomic mass is 16.5. The summed E-state index contributed by atoms with van der Waals surface area (Å²) in [7, 11) is 0. The van der Waals surface area contributed by atoms with E-state index < -0.39 is 0 Å². The maximum atomic E-state index is 12.4. The molecule has 1 atom stereocenters. The number of carbonyl (C=O) groups is 1. The van der Waals surface area contributed by atoms with Gasteiger partial charge >= 0.3 is 0 Å². The zero-order chi connectivity index (χ0) is 15.8. The van der Waals surface area contributed by atoms with Gasteiger partial charge in [-0.2, -0.15) is 0 Å². The average Bonchev–Trinajstić information content (AvgIpc) is 2.55. The number of hydrogen-bond donors (Lipinski definition) is 1. The Hall–Kier alpha value is -1.81. The van der Waals surface area contributed by atoms with Crippen molar-refractivity contribution in [3.05, 3.63) is 35.9 Å². The molecule has 4 nitrogen and oxygen atoms in total. The number of ether oxygens (including phenoxy) is 1. The molecular weight excluding hydrogens is 278 g/mol. The summed E-state index contributed by atoms with van der Waals surface area (Å²) in [5, 5.41) is 9.13. The summed E-state index contributed by atoms with van der Waals surface area (Å²) in [6.45, 7) is 3.52. The fourth-order valence-electron chi connectivity index (χ4n) is 2.84. The van der Waals surface area contributed by atoms with E-state index in [1.54, 1.807) is 6.08 Å². The first-order valence-corrected chi connectivity index (χ1v) is 8.07. The minimum atomic E-state index is 0.0343. The number of aliphatic hydroxyl groups is 1. The van der Waals surface area contributed by atoms with Crippen molar-refractivity contribution in [2.24, 2.45) is 0 Å². The van der Waals surface area contributed by atoms with Gasteiger partial charge in [-0.3, -0.25) is 4.79 Å². The molecule has 1 saturated heterocycles. The minimum Gasteiger partial charge on any atom is -0.494 e. The van der Waals surface area contributed by atoms with Crippen molar-refractivity contribution in [2.75, 3.05) is 19.8 Å². The molecule has 0 spiro atoms. The van der Waals surface area contributed by atoms with E-state index in [-0.39, 0.29) is 18.6 Å². The Balaban J connectivity index is 1.97. The molecule has 22 heavy (non-hydrogen) atoms. The van der Waals surface area contributed by atoms with Crippen LogP contribution in [0.15, 0.2) is 30.3 Å². The second-order valence-corrected chi connectivity index (χ2v) is 5.53. The van der Waals surface area contributed by atoms with Gasteiger partial charge in [-0.05, 0) is 56.4 Å². The van der Waals surface area contributed by atoms with Gasteiger partial charge in [0, 0.05) is 25.3 Å². The minimum absolute atomic E-state index is 0.0343. The number of hydrogen-bond acceptors (Lipinski definition) is 3. The number of amides is 1. The highest BCUT2D eigenvalue weighted by Crippen LogP contribution is 2.20. The molecule has 0 saturated carbocycles. The van der Waals surface area contributed by atoms with E-state index in [1.165, 1.54) is 0 Å².